The van der Waals surface area contributed by atoms with Gasteiger partial charge in [0, 0.05) is 18.3 Å². The molecule has 0 saturated carbocycles. The number of rotatable bonds is 7. The van der Waals surface area contributed by atoms with E-state index in [9.17, 15) is 19.1 Å². The van der Waals surface area contributed by atoms with Crippen molar-refractivity contribution >= 4 is 17.4 Å². The normalized spacial score (nSPS) is 18.3. The smallest absolute Gasteiger partial charge is 0.295 e. The molecular formula is C22H24FN3O4. The number of aromatic nitrogens is 1. The van der Waals surface area contributed by atoms with Crippen LogP contribution in [0.15, 0.2) is 48.2 Å². The minimum Gasteiger partial charge on any atom is -0.507 e. The second-order valence-corrected chi connectivity index (χ2v) is 7.25. The maximum absolute atomic E-state index is 14.2. The fraction of sp³-hybridized carbons (Fsp3) is 0.318. The molecule has 1 aliphatic rings. The molecule has 2 aromatic rings. The Morgan fingerprint density at radius 1 is 1.27 bits per heavy atom. The lowest BCUT2D eigenvalue weighted by Gasteiger charge is -2.25. The number of aliphatic hydroxyl groups excluding tert-OH is 1. The minimum absolute atomic E-state index is 0.0111. The number of ether oxygens (including phenoxy) is 1. The molecule has 30 heavy (non-hydrogen) atoms. The van der Waals surface area contributed by atoms with Crippen LogP contribution in [0.2, 0.25) is 0 Å². The van der Waals surface area contributed by atoms with Crippen molar-refractivity contribution in [3.8, 4) is 5.75 Å². The Kier molecular flexibility index (Phi) is 6.47. The highest BCUT2D eigenvalue weighted by atomic mass is 19.1. The predicted octanol–water partition coefficient (Wildman–Crippen LogP) is 2.60. The number of hydrogen-bond acceptors (Lipinski definition) is 6. The number of aliphatic hydroxyl groups is 1. The molecule has 1 amide bonds. The zero-order valence-electron chi connectivity index (χ0n) is 17.1. The van der Waals surface area contributed by atoms with Crippen LogP contribution in [0.25, 0.3) is 5.76 Å². The van der Waals surface area contributed by atoms with E-state index in [-0.39, 0.29) is 16.9 Å². The van der Waals surface area contributed by atoms with E-state index < -0.39 is 29.3 Å². The standard InChI is InChI=1S/C22H24FN3O4/c1-25(2)11-6-12-26-19(16-7-4-5-10-24-16)18(21(28)22(26)29)20(27)14-8-9-17(30-3)15(23)13-14/h4-5,7-10,13,19,27H,6,11-12H2,1-3H3/b20-18+/t19-/m0/s1. The monoisotopic (exact) mass is 413 g/mol. The molecule has 1 N–H and O–H groups in total. The Hall–Kier alpha value is -3.26. The summed E-state index contributed by atoms with van der Waals surface area (Å²) >= 11 is 0. The van der Waals surface area contributed by atoms with Gasteiger partial charge in [-0.3, -0.25) is 14.6 Å². The molecule has 0 spiro atoms. The summed E-state index contributed by atoms with van der Waals surface area (Å²) in [5.41, 5.74) is 0.436. The Morgan fingerprint density at radius 3 is 2.63 bits per heavy atom. The van der Waals surface area contributed by atoms with Crippen LogP contribution in [0.5, 0.6) is 5.75 Å². The molecule has 1 atom stereocenters. The molecule has 158 valence electrons. The van der Waals surface area contributed by atoms with Gasteiger partial charge in [0.2, 0.25) is 0 Å². The van der Waals surface area contributed by atoms with Gasteiger partial charge in [0.1, 0.15) is 11.8 Å². The molecule has 7 nitrogen and oxygen atoms in total. The number of amides is 1. The van der Waals surface area contributed by atoms with Gasteiger partial charge in [-0.15, -0.1) is 0 Å². The number of pyridine rings is 1. The number of Topliss-reactive ketones (excluding diaryl/α,β-unsaturated/α-hetero) is 1. The first-order valence-corrected chi connectivity index (χ1v) is 9.53. The summed E-state index contributed by atoms with van der Waals surface area (Å²) in [7, 11) is 5.17. The number of carbonyl (C=O) groups is 2. The molecule has 0 unspecified atom stereocenters. The van der Waals surface area contributed by atoms with Crippen molar-refractivity contribution in [3.05, 3.63) is 65.2 Å². The molecule has 3 rings (SSSR count). The van der Waals surface area contributed by atoms with E-state index in [0.717, 1.165) is 12.6 Å². The fourth-order valence-electron chi connectivity index (χ4n) is 3.48. The summed E-state index contributed by atoms with van der Waals surface area (Å²) in [5.74, 6) is -2.64. The van der Waals surface area contributed by atoms with Crippen LogP contribution in [0, 0.1) is 5.82 Å². The van der Waals surface area contributed by atoms with E-state index in [4.69, 9.17) is 4.74 Å². The van der Waals surface area contributed by atoms with Crippen LogP contribution >= 0.6 is 0 Å². The van der Waals surface area contributed by atoms with Crippen LogP contribution in [0.3, 0.4) is 0 Å². The predicted molar refractivity (Wildman–Crippen MR) is 109 cm³/mol. The first-order valence-electron chi connectivity index (χ1n) is 9.53. The van der Waals surface area contributed by atoms with Crippen molar-refractivity contribution in [3.63, 3.8) is 0 Å². The topological polar surface area (TPSA) is 83.0 Å². The second-order valence-electron chi connectivity index (χ2n) is 7.25. The van der Waals surface area contributed by atoms with Crippen LogP contribution in [0.1, 0.15) is 23.7 Å². The van der Waals surface area contributed by atoms with E-state index in [1.54, 1.807) is 24.4 Å². The Balaban J connectivity index is 2.08. The van der Waals surface area contributed by atoms with Crippen LogP contribution in [-0.2, 0) is 9.59 Å². The largest absolute Gasteiger partial charge is 0.507 e. The summed E-state index contributed by atoms with van der Waals surface area (Å²) in [6, 6.07) is 8.18. The van der Waals surface area contributed by atoms with E-state index in [2.05, 4.69) is 4.98 Å². The van der Waals surface area contributed by atoms with Gasteiger partial charge >= 0.3 is 0 Å². The Bertz CT molecular complexity index is 976. The molecule has 0 radical (unpaired) electrons. The molecular weight excluding hydrogens is 389 g/mol. The van der Waals surface area contributed by atoms with E-state index in [1.807, 2.05) is 19.0 Å². The summed E-state index contributed by atoms with van der Waals surface area (Å²) in [6.45, 7) is 1.04. The summed E-state index contributed by atoms with van der Waals surface area (Å²) in [6.07, 6.45) is 2.20. The number of likely N-dealkylation sites (tertiary alicyclic amines) is 1. The molecule has 1 fully saturated rings. The number of ketones is 1. The third kappa shape index (κ3) is 4.18. The molecule has 0 aliphatic carbocycles. The van der Waals surface area contributed by atoms with Gasteiger partial charge in [0.15, 0.2) is 11.6 Å². The summed E-state index contributed by atoms with van der Waals surface area (Å²) in [5, 5.41) is 10.9. The average molecular weight is 413 g/mol. The Labute approximate surface area is 174 Å². The number of nitrogens with zero attached hydrogens (tertiary/aromatic N) is 3. The average Bonchev–Trinajstić information content (AvgIpc) is 2.98. The van der Waals surface area contributed by atoms with Crippen LogP contribution in [0.4, 0.5) is 4.39 Å². The lowest BCUT2D eigenvalue weighted by atomic mass is 9.98. The van der Waals surface area contributed by atoms with Gasteiger partial charge in [0.05, 0.1) is 18.4 Å². The van der Waals surface area contributed by atoms with E-state index >= 15 is 0 Å². The highest BCUT2D eigenvalue weighted by molar-refractivity contribution is 6.46. The number of benzene rings is 1. The van der Waals surface area contributed by atoms with E-state index in [1.165, 1.54) is 24.1 Å². The zero-order chi connectivity index (χ0) is 21.8. The fourth-order valence-corrected chi connectivity index (χ4v) is 3.48. The van der Waals surface area contributed by atoms with Crippen molar-refractivity contribution in [2.45, 2.75) is 12.5 Å². The third-order valence-corrected chi connectivity index (χ3v) is 4.94. The summed E-state index contributed by atoms with van der Waals surface area (Å²) in [4.78, 5) is 33.3. The molecule has 1 aromatic carbocycles. The lowest BCUT2D eigenvalue weighted by Crippen LogP contribution is -2.32. The van der Waals surface area contributed by atoms with Crippen molar-refractivity contribution in [1.82, 2.24) is 14.8 Å². The maximum atomic E-state index is 14.2. The Morgan fingerprint density at radius 2 is 2.03 bits per heavy atom. The number of halogens is 1. The van der Waals surface area contributed by atoms with Crippen molar-refractivity contribution in [2.75, 3.05) is 34.3 Å². The van der Waals surface area contributed by atoms with Gasteiger partial charge in [0.25, 0.3) is 11.7 Å². The minimum atomic E-state index is -0.849. The van der Waals surface area contributed by atoms with Crippen molar-refractivity contribution < 1.29 is 23.8 Å². The highest BCUT2D eigenvalue weighted by Crippen LogP contribution is 2.39. The molecule has 1 saturated heterocycles. The number of carbonyl (C=O) groups excluding carboxylic acids is 2. The van der Waals surface area contributed by atoms with Gasteiger partial charge in [-0.2, -0.15) is 0 Å². The molecule has 1 aliphatic heterocycles. The van der Waals surface area contributed by atoms with Crippen molar-refractivity contribution in [1.29, 1.82) is 0 Å². The van der Waals surface area contributed by atoms with Crippen LogP contribution < -0.4 is 4.74 Å². The number of hydrogen-bond donors (Lipinski definition) is 1. The van der Waals surface area contributed by atoms with Crippen LogP contribution in [-0.4, -0.2) is 65.9 Å². The SMILES string of the molecule is COc1ccc(/C(O)=C2\C(=O)C(=O)N(CCCN(C)C)[C@H]2c2ccccn2)cc1F. The maximum Gasteiger partial charge on any atom is 0.295 e. The van der Waals surface area contributed by atoms with Gasteiger partial charge in [-0.25, -0.2) is 4.39 Å². The molecule has 0 bridgehead atoms. The second kappa shape index (κ2) is 9.04. The zero-order valence-corrected chi connectivity index (χ0v) is 17.1. The van der Waals surface area contributed by atoms with Gasteiger partial charge < -0.3 is 19.6 Å². The number of methoxy groups -OCH3 is 1. The molecule has 1 aromatic heterocycles. The van der Waals surface area contributed by atoms with Gasteiger partial charge in [-0.1, -0.05) is 6.07 Å². The highest BCUT2D eigenvalue weighted by Gasteiger charge is 2.46. The van der Waals surface area contributed by atoms with Gasteiger partial charge in [-0.05, 0) is 57.4 Å². The summed E-state index contributed by atoms with van der Waals surface area (Å²) < 4.78 is 19.1. The lowest BCUT2D eigenvalue weighted by molar-refractivity contribution is -0.140. The molecule has 2 heterocycles. The van der Waals surface area contributed by atoms with Crippen molar-refractivity contribution in [2.24, 2.45) is 0 Å². The molecule has 8 heteroatoms. The first kappa shape index (κ1) is 21.4. The first-order chi connectivity index (χ1) is 14.3. The van der Waals surface area contributed by atoms with E-state index in [0.29, 0.717) is 18.7 Å². The third-order valence-electron chi connectivity index (χ3n) is 4.94. The quantitative estimate of drug-likeness (QED) is 0.427.